The van der Waals surface area contributed by atoms with Gasteiger partial charge in [-0.3, -0.25) is 0 Å². The van der Waals surface area contributed by atoms with Gasteiger partial charge in [0.05, 0.1) is 19.2 Å². The van der Waals surface area contributed by atoms with Crippen LogP contribution in [0, 0.1) is 0 Å². The van der Waals surface area contributed by atoms with Gasteiger partial charge in [-0.1, -0.05) is 11.6 Å². The van der Waals surface area contributed by atoms with Crippen molar-refractivity contribution in [3.8, 4) is 22.9 Å². The van der Waals surface area contributed by atoms with E-state index in [4.69, 9.17) is 25.8 Å². The molecule has 0 N–H and O–H groups in total. The molecule has 118 valence electrons. The van der Waals surface area contributed by atoms with Crippen molar-refractivity contribution < 1.29 is 14.2 Å². The van der Waals surface area contributed by atoms with Crippen molar-refractivity contribution in [2.75, 3.05) is 27.4 Å². The molecule has 2 heterocycles. The summed E-state index contributed by atoms with van der Waals surface area (Å²) in [6, 6.07) is 4.15. The molecule has 1 aromatic carbocycles. The van der Waals surface area contributed by atoms with Crippen LogP contribution in [0.25, 0.3) is 11.4 Å². The highest BCUT2D eigenvalue weighted by Gasteiger charge is 2.22. The van der Waals surface area contributed by atoms with Crippen LogP contribution in [0.5, 0.6) is 11.5 Å². The van der Waals surface area contributed by atoms with Gasteiger partial charge < -0.3 is 18.8 Å². The Morgan fingerprint density at radius 2 is 2.00 bits per heavy atom. The van der Waals surface area contributed by atoms with Crippen molar-refractivity contribution in [1.29, 1.82) is 0 Å². The molecule has 0 atom stereocenters. The number of hydrogen-bond donors (Lipinski definition) is 0. The first-order valence-electron chi connectivity index (χ1n) is 7.27. The van der Waals surface area contributed by atoms with Gasteiger partial charge in [0.1, 0.15) is 5.82 Å². The number of aromatic nitrogens is 2. The first-order chi connectivity index (χ1) is 10.8. The molecule has 6 heteroatoms. The molecule has 1 aromatic heterocycles. The molecule has 0 aliphatic carbocycles. The highest BCUT2D eigenvalue weighted by molar-refractivity contribution is 6.35. The minimum absolute atomic E-state index is 0.385. The van der Waals surface area contributed by atoms with Gasteiger partial charge in [-0.25, -0.2) is 4.98 Å². The molecule has 22 heavy (non-hydrogen) atoms. The number of methoxy groups -OCH3 is 2. The fraction of sp³-hybridized carbons (Fsp3) is 0.438. The molecule has 1 aliphatic rings. The average molecular weight is 323 g/mol. The predicted octanol–water partition coefficient (Wildman–Crippen LogP) is 3.57. The fourth-order valence-electron chi connectivity index (χ4n) is 2.84. The normalized spacial score (nSPS) is 15.8. The van der Waals surface area contributed by atoms with Crippen molar-refractivity contribution in [3.05, 3.63) is 29.5 Å². The summed E-state index contributed by atoms with van der Waals surface area (Å²) in [6.45, 7) is 1.56. The van der Waals surface area contributed by atoms with Crippen LogP contribution in [-0.4, -0.2) is 37.0 Å². The minimum Gasteiger partial charge on any atom is -0.493 e. The first-order valence-corrected chi connectivity index (χ1v) is 7.65. The van der Waals surface area contributed by atoms with Gasteiger partial charge in [0.15, 0.2) is 11.5 Å². The van der Waals surface area contributed by atoms with E-state index in [0.29, 0.717) is 22.6 Å². The number of imidazole rings is 1. The molecule has 0 amide bonds. The van der Waals surface area contributed by atoms with Crippen LogP contribution in [0.3, 0.4) is 0 Å². The topological polar surface area (TPSA) is 45.5 Å². The van der Waals surface area contributed by atoms with Gasteiger partial charge in [0.2, 0.25) is 0 Å². The van der Waals surface area contributed by atoms with Crippen LogP contribution in [0.2, 0.25) is 5.02 Å². The lowest BCUT2D eigenvalue weighted by Gasteiger charge is -2.25. The second-order valence-electron chi connectivity index (χ2n) is 5.16. The number of benzene rings is 1. The Balaban J connectivity index is 2.03. The van der Waals surface area contributed by atoms with E-state index < -0.39 is 0 Å². The SMILES string of the molecule is COc1ccc(-c2nccn2C2CCOCC2)c(Cl)c1OC. The van der Waals surface area contributed by atoms with Crippen molar-refractivity contribution in [1.82, 2.24) is 9.55 Å². The maximum absolute atomic E-state index is 6.51. The van der Waals surface area contributed by atoms with Crippen LogP contribution in [0.1, 0.15) is 18.9 Å². The molecule has 2 aromatic rings. The van der Waals surface area contributed by atoms with Crippen LogP contribution >= 0.6 is 11.6 Å². The van der Waals surface area contributed by atoms with Crippen LogP contribution in [0.15, 0.2) is 24.5 Å². The Morgan fingerprint density at radius 1 is 1.23 bits per heavy atom. The summed E-state index contributed by atoms with van der Waals surface area (Å²) in [5, 5.41) is 0.515. The number of halogens is 1. The third-order valence-corrected chi connectivity index (χ3v) is 4.35. The van der Waals surface area contributed by atoms with Crippen molar-refractivity contribution >= 4 is 11.6 Å². The Kier molecular flexibility index (Phi) is 4.55. The Morgan fingerprint density at radius 3 is 2.68 bits per heavy atom. The van der Waals surface area contributed by atoms with Crippen LogP contribution in [-0.2, 0) is 4.74 Å². The molecule has 1 aliphatic heterocycles. The average Bonchev–Trinajstić information content (AvgIpc) is 3.04. The molecular formula is C16H19ClN2O3. The molecule has 1 fully saturated rings. The largest absolute Gasteiger partial charge is 0.493 e. The van der Waals surface area contributed by atoms with Gasteiger partial charge in [0.25, 0.3) is 0 Å². The molecule has 1 saturated heterocycles. The van der Waals surface area contributed by atoms with E-state index in [1.54, 1.807) is 20.4 Å². The van der Waals surface area contributed by atoms with Crippen molar-refractivity contribution in [2.24, 2.45) is 0 Å². The third kappa shape index (κ3) is 2.66. The predicted molar refractivity (Wildman–Crippen MR) is 84.9 cm³/mol. The lowest BCUT2D eigenvalue weighted by atomic mass is 10.1. The molecule has 0 spiro atoms. The smallest absolute Gasteiger partial charge is 0.180 e. The zero-order valence-corrected chi connectivity index (χ0v) is 13.5. The third-order valence-electron chi connectivity index (χ3n) is 3.98. The van der Waals surface area contributed by atoms with E-state index in [1.165, 1.54) is 0 Å². The highest BCUT2D eigenvalue weighted by atomic mass is 35.5. The van der Waals surface area contributed by atoms with Gasteiger partial charge in [-0.15, -0.1) is 0 Å². The van der Waals surface area contributed by atoms with E-state index in [0.717, 1.165) is 37.4 Å². The van der Waals surface area contributed by atoms with Gasteiger partial charge >= 0.3 is 0 Å². The monoisotopic (exact) mass is 322 g/mol. The summed E-state index contributed by atoms with van der Waals surface area (Å²) < 4.78 is 18.3. The summed E-state index contributed by atoms with van der Waals surface area (Å²) in [4.78, 5) is 4.49. The highest BCUT2D eigenvalue weighted by Crippen LogP contribution is 2.42. The number of nitrogens with zero attached hydrogens (tertiary/aromatic N) is 2. The van der Waals surface area contributed by atoms with E-state index in [9.17, 15) is 0 Å². The van der Waals surface area contributed by atoms with E-state index >= 15 is 0 Å². The standard InChI is InChI=1S/C16H19ClN2O3/c1-20-13-4-3-12(14(17)15(13)21-2)16-18-7-8-19(16)11-5-9-22-10-6-11/h3-4,7-8,11H,5-6,9-10H2,1-2H3. The summed E-state index contributed by atoms with van der Waals surface area (Å²) in [6.07, 6.45) is 5.76. The zero-order chi connectivity index (χ0) is 15.5. The lowest BCUT2D eigenvalue weighted by molar-refractivity contribution is 0.0700. The second-order valence-corrected chi connectivity index (χ2v) is 5.54. The number of ether oxygens (including phenoxy) is 3. The summed E-state index contributed by atoms with van der Waals surface area (Å²) in [5.74, 6) is 1.99. The first kappa shape index (κ1) is 15.2. The number of hydrogen-bond acceptors (Lipinski definition) is 4. The quantitative estimate of drug-likeness (QED) is 0.863. The Hall–Kier alpha value is -1.72. The second kappa shape index (κ2) is 6.58. The lowest BCUT2D eigenvalue weighted by Crippen LogP contribution is -2.19. The molecule has 0 bridgehead atoms. The van der Waals surface area contributed by atoms with Crippen molar-refractivity contribution in [2.45, 2.75) is 18.9 Å². The fourth-order valence-corrected chi connectivity index (χ4v) is 3.16. The summed E-state index contributed by atoms with van der Waals surface area (Å²) in [5.41, 5.74) is 0.843. The summed E-state index contributed by atoms with van der Waals surface area (Å²) in [7, 11) is 3.18. The maximum Gasteiger partial charge on any atom is 0.180 e. The molecule has 0 radical (unpaired) electrons. The Bertz CT molecular complexity index is 651. The van der Waals surface area contributed by atoms with E-state index in [1.807, 2.05) is 18.3 Å². The zero-order valence-electron chi connectivity index (χ0n) is 12.7. The molecule has 3 rings (SSSR count). The molecule has 5 nitrogen and oxygen atoms in total. The minimum atomic E-state index is 0.385. The molecule has 0 saturated carbocycles. The molecule has 0 unspecified atom stereocenters. The van der Waals surface area contributed by atoms with E-state index in [2.05, 4.69) is 9.55 Å². The van der Waals surface area contributed by atoms with Crippen LogP contribution in [0.4, 0.5) is 0 Å². The number of rotatable bonds is 4. The van der Waals surface area contributed by atoms with Gasteiger partial charge in [-0.05, 0) is 25.0 Å². The summed E-state index contributed by atoms with van der Waals surface area (Å²) >= 11 is 6.51. The maximum atomic E-state index is 6.51. The molecular weight excluding hydrogens is 304 g/mol. The van der Waals surface area contributed by atoms with Crippen molar-refractivity contribution in [3.63, 3.8) is 0 Å². The van der Waals surface area contributed by atoms with Crippen LogP contribution < -0.4 is 9.47 Å². The van der Waals surface area contributed by atoms with Gasteiger partial charge in [0, 0.05) is 37.2 Å². The van der Waals surface area contributed by atoms with Gasteiger partial charge in [-0.2, -0.15) is 0 Å². The Labute approximate surface area is 134 Å². The van der Waals surface area contributed by atoms with E-state index in [-0.39, 0.29) is 0 Å².